The normalized spacial score (nSPS) is 12.8. The fourth-order valence-electron chi connectivity index (χ4n) is 1.31. The number of nitrogens with two attached hydrogens (primary N) is 2. The predicted molar refractivity (Wildman–Crippen MR) is 79.8 cm³/mol. The third-order valence-electron chi connectivity index (χ3n) is 2.68. The molecule has 0 fully saturated rings. The van der Waals surface area contributed by atoms with Gasteiger partial charge in [-0.05, 0) is 19.1 Å². The van der Waals surface area contributed by atoms with Gasteiger partial charge in [-0.1, -0.05) is 13.0 Å². The summed E-state index contributed by atoms with van der Waals surface area (Å²) in [6.45, 7) is 3.33. The molecule has 1 aromatic carbocycles. The van der Waals surface area contributed by atoms with E-state index in [1.54, 1.807) is 38.1 Å². The molecule has 2 atom stereocenters. The molecular formula is C13H20ClN3O3. The van der Waals surface area contributed by atoms with Crippen LogP contribution in [-0.4, -0.2) is 24.5 Å². The highest BCUT2D eigenvalue weighted by Crippen LogP contribution is 2.18. The molecule has 5 N–H and O–H groups in total. The van der Waals surface area contributed by atoms with Crippen LogP contribution in [0.2, 0.25) is 0 Å². The maximum Gasteiger partial charge on any atom is 0.255 e. The molecule has 2 amide bonds. The summed E-state index contributed by atoms with van der Waals surface area (Å²) in [5, 5.41) is 2.74. The quantitative estimate of drug-likeness (QED) is 0.725. The lowest BCUT2D eigenvalue weighted by Crippen LogP contribution is -2.34. The summed E-state index contributed by atoms with van der Waals surface area (Å²) in [6.07, 6.45) is 0. The summed E-state index contributed by atoms with van der Waals surface area (Å²) < 4.78 is 5.15. The first-order valence-electron chi connectivity index (χ1n) is 5.97. The Morgan fingerprint density at radius 1 is 1.35 bits per heavy atom. The van der Waals surface area contributed by atoms with Crippen molar-refractivity contribution in [3.8, 4) is 5.75 Å². The highest BCUT2D eigenvalue weighted by molar-refractivity contribution is 5.92. The molecule has 0 spiro atoms. The zero-order valence-electron chi connectivity index (χ0n) is 11.5. The highest BCUT2D eigenvalue weighted by Gasteiger charge is 2.17. The van der Waals surface area contributed by atoms with Crippen molar-refractivity contribution in [3.05, 3.63) is 24.3 Å². The highest BCUT2D eigenvalue weighted by atomic mass is 35.5. The van der Waals surface area contributed by atoms with E-state index in [1.165, 1.54) is 0 Å². The van der Waals surface area contributed by atoms with Crippen LogP contribution in [0.25, 0.3) is 0 Å². The van der Waals surface area contributed by atoms with Crippen LogP contribution in [0, 0.1) is 5.92 Å². The average Bonchev–Trinajstić information content (AvgIpc) is 2.35. The van der Waals surface area contributed by atoms with Crippen LogP contribution < -0.4 is 21.5 Å². The number of rotatable bonds is 6. The number of carbonyl (C=O) groups is 2. The van der Waals surface area contributed by atoms with Crippen molar-refractivity contribution in [2.75, 3.05) is 11.9 Å². The molecule has 112 valence electrons. The molecule has 1 aromatic rings. The van der Waals surface area contributed by atoms with Crippen molar-refractivity contribution in [1.82, 2.24) is 0 Å². The molecule has 0 aromatic heterocycles. The molecule has 0 bridgehead atoms. The van der Waals surface area contributed by atoms with Gasteiger partial charge >= 0.3 is 0 Å². The van der Waals surface area contributed by atoms with Gasteiger partial charge < -0.3 is 21.5 Å². The number of amides is 2. The van der Waals surface area contributed by atoms with Crippen LogP contribution in [0.5, 0.6) is 5.75 Å². The second-order valence-electron chi connectivity index (χ2n) is 4.42. The Hall–Kier alpha value is -1.79. The van der Waals surface area contributed by atoms with E-state index in [-0.39, 0.29) is 36.9 Å². The molecule has 1 rings (SSSR count). The van der Waals surface area contributed by atoms with Crippen molar-refractivity contribution in [3.63, 3.8) is 0 Å². The first kappa shape index (κ1) is 18.2. The topological polar surface area (TPSA) is 107 Å². The lowest BCUT2D eigenvalue weighted by atomic mass is 10.0. The van der Waals surface area contributed by atoms with Gasteiger partial charge in [0.1, 0.15) is 5.75 Å². The lowest BCUT2D eigenvalue weighted by molar-refractivity contribution is -0.120. The molecular weight excluding hydrogens is 282 g/mol. The summed E-state index contributed by atoms with van der Waals surface area (Å²) >= 11 is 0. The number of halogens is 1. The summed E-state index contributed by atoms with van der Waals surface area (Å²) in [5.41, 5.74) is 11.2. The second-order valence-corrected chi connectivity index (χ2v) is 4.42. The molecule has 0 saturated heterocycles. The molecule has 0 heterocycles. The Bertz CT molecular complexity index is 466. The summed E-state index contributed by atoms with van der Waals surface area (Å²) in [4.78, 5) is 22.4. The SMILES string of the molecule is CC(N)C(C)C(=O)Nc1cccc(OCC(N)=O)c1.Cl. The number of anilines is 1. The van der Waals surface area contributed by atoms with Crippen LogP contribution in [0.3, 0.4) is 0 Å². The average molecular weight is 302 g/mol. The van der Waals surface area contributed by atoms with Crippen molar-refractivity contribution in [2.24, 2.45) is 17.4 Å². The fourth-order valence-corrected chi connectivity index (χ4v) is 1.31. The molecule has 0 aliphatic heterocycles. The Kier molecular flexibility index (Phi) is 7.64. The smallest absolute Gasteiger partial charge is 0.255 e. The van der Waals surface area contributed by atoms with E-state index in [9.17, 15) is 9.59 Å². The third-order valence-corrected chi connectivity index (χ3v) is 2.68. The third kappa shape index (κ3) is 5.90. The standard InChI is InChI=1S/C13H19N3O3.ClH/c1-8(9(2)14)13(18)16-10-4-3-5-11(6-10)19-7-12(15)17;/h3-6,8-9H,7,14H2,1-2H3,(H2,15,17)(H,16,18);1H. The summed E-state index contributed by atoms with van der Waals surface area (Å²) in [5.74, 6) is -0.553. The van der Waals surface area contributed by atoms with E-state index >= 15 is 0 Å². The van der Waals surface area contributed by atoms with E-state index in [4.69, 9.17) is 16.2 Å². The van der Waals surface area contributed by atoms with Gasteiger partial charge in [0.25, 0.3) is 5.91 Å². The fraction of sp³-hybridized carbons (Fsp3) is 0.385. The summed E-state index contributed by atoms with van der Waals surface area (Å²) in [6, 6.07) is 6.50. The van der Waals surface area contributed by atoms with Crippen molar-refractivity contribution < 1.29 is 14.3 Å². The number of hydrogen-bond donors (Lipinski definition) is 3. The van der Waals surface area contributed by atoms with Crippen molar-refractivity contribution in [2.45, 2.75) is 19.9 Å². The van der Waals surface area contributed by atoms with Crippen molar-refractivity contribution in [1.29, 1.82) is 0 Å². The molecule has 7 heteroatoms. The zero-order valence-corrected chi connectivity index (χ0v) is 12.3. The Balaban J connectivity index is 0.00000361. The number of ether oxygens (including phenoxy) is 1. The maximum atomic E-state index is 11.8. The minimum absolute atomic E-state index is 0. The second kappa shape index (κ2) is 8.39. The first-order valence-corrected chi connectivity index (χ1v) is 5.97. The van der Waals surface area contributed by atoms with Gasteiger partial charge in [-0.25, -0.2) is 0 Å². The summed E-state index contributed by atoms with van der Waals surface area (Å²) in [7, 11) is 0. The lowest BCUT2D eigenvalue weighted by Gasteiger charge is -2.15. The molecule has 0 saturated carbocycles. The number of carbonyl (C=O) groups excluding carboxylic acids is 2. The van der Waals surface area contributed by atoms with Crippen LogP contribution >= 0.6 is 12.4 Å². The zero-order chi connectivity index (χ0) is 14.4. The largest absolute Gasteiger partial charge is 0.484 e. The van der Waals surface area contributed by atoms with Gasteiger partial charge in [0, 0.05) is 17.8 Å². The van der Waals surface area contributed by atoms with Crippen LogP contribution in [0.15, 0.2) is 24.3 Å². The molecule has 2 unspecified atom stereocenters. The van der Waals surface area contributed by atoms with Gasteiger partial charge in [-0.3, -0.25) is 9.59 Å². The molecule has 0 aliphatic carbocycles. The molecule has 6 nitrogen and oxygen atoms in total. The van der Waals surface area contributed by atoms with Gasteiger partial charge in [-0.15, -0.1) is 12.4 Å². The van der Waals surface area contributed by atoms with E-state index < -0.39 is 5.91 Å². The molecule has 0 aliphatic rings. The number of benzene rings is 1. The van der Waals surface area contributed by atoms with Crippen molar-refractivity contribution >= 4 is 29.9 Å². The van der Waals surface area contributed by atoms with Gasteiger partial charge in [0.15, 0.2) is 6.61 Å². The number of hydrogen-bond acceptors (Lipinski definition) is 4. The Labute approximate surface area is 124 Å². The minimum atomic E-state index is -0.556. The number of primary amides is 1. The van der Waals surface area contributed by atoms with Crippen LogP contribution in [0.4, 0.5) is 5.69 Å². The molecule has 20 heavy (non-hydrogen) atoms. The number of nitrogens with one attached hydrogen (secondary N) is 1. The van der Waals surface area contributed by atoms with Crippen LogP contribution in [-0.2, 0) is 9.59 Å². The van der Waals surface area contributed by atoms with E-state index in [1.807, 2.05) is 0 Å². The monoisotopic (exact) mass is 301 g/mol. The van der Waals surface area contributed by atoms with Crippen LogP contribution in [0.1, 0.15) is 13.8 Å². The Morgan fingerprint density at radius 2 is 2.00 bits per heavy atom. The predicted octanol–water partition coefficient (Wildman–Crippen LogP) is 0.894. The van der Waals surface area contributed by atoms with Gasteiger partial charge in [0.05, 0.1) is 5.92 Å². The molecule has 0 radical (unpaired) electrons. The first-order chi connectivity index (χ1) is 8.90. The van der Waals surface area contributed by atoms with Gasteiger partial charge in [0.2, 0.25) is 5.91 Å². The van der Waals surface area contributed by atoms with E-state index in [2.05, 4.69) is 5.32 Å². The van der Waals surface area contributed by atoms with Gasteiger partial charge in [-0.2, -0.15) is 0 Å². The Morgan fingerprint density at radius 3 is 2.55 bits per heavy atom. The van der Waals surface area contributed by atoms with E-state index in [0.717, 1.165) is 0 Å². The van der Waals surface area contributed by atoms with E-state index in [0.29, 0.717) is 11.4 Å². The maximum absolute atomic E-state index is 11.8. The minimum Gasteiger partial charge on any atom is -0.484 e.